The Balaban J connectivity index is 1.46. The molecule has 0 saturated carbocycles. The van der Waals surface area contributed by atoms with Crippen molar-refractivity contribution < 1.29 is 18.0 Å². The van der Waals surface area contributed by atoms with Gasteiger partial charge < -0.3 is 9.88 Å². The quantitative estimate of drug-likeness (QED) is 0.752. The fourth-order valence-electron chi connectivity index (χ4n) is 3.36. The number of aromatic amines is 1. The predicted molar refractivity (Wildman–Crippen MR) is 90.3 cm³/mol. The lowest BCUT2D eigenvalue weighted by Crippen LogP contribution is -2.38. The summed E-state index contributed by atoms with van der Waals surface area (Å²) >= 11 is 0. The van der Waals surface area contributed by atoms with E-state index >= 15 is 0 Å². The molecule has 1 aliphatic rings. The van der Waals surface area contributed by atoms with Gasteiger partial charge in [0.1, 0.15) is 11.6 Å². The summed E-state index contributed by atoms with van der Waals surface area (Å²) in [6.07, 6.45) is 1.38. The molecule has 0 spiro atoms. The van der Waals surface area contributed by atoms with Gasteiger partial charge in [-0.15, -0.1) is 0 Å². The van der Waals surface area contributed by atoms with Crippen LogP contribution < -0.4 is 0 Å². The van der Waals surface area contributed by atoms with Crippen molar-refractivity contribution in [3.8, 4) is 0 Å². The minimum atomic E-state index is -1.03. The molecule has 134 valence electrons. The normalized spacial score (nSPS) is 15.6. The standard InChI is InChI=1S/C19H16F3N3O/c20-13-2-4-16-17(10-13)24-18(23-16)11-5-7-25(8-6-11)19(26)12-1-3-14(21)15(22)9-12/h1-4,9-11H,5-8H2,(H,23,24). The lowest BCUT2D eigenvalue weighted by atomic mass is 9.95. The number of fused-ring (bicyclic) bond motifs is 1. The summed E-state index contributed by atoms with van der Waals surface area (Å²) in [6, 6.07) is 7.59. The van der Waals surface area contributed by atoms with Crippen molar-refractivity contribution in [1.82, 2.24) is 14.9 Å². The van der Waals surface area contributed by atoms with Crippen LogP contribution in [0.2, 0.25) is 0 Å². The minimum Gasteiger partial charge on any atom is -0.342 e. The zero-order chi connectivity index (χ0) is 18.3. The van der Waals surface area contributed by atoms with Gasteiger partial charge in [0.25, 0.3) is 5.91 Å². The molecule has 0 bridgehead atoms. The maximum absolute atomic E-state index is 13.3. The number of nitrogens with one attached hydrogen (secondary N) is 1. The summed E-state index contributed by atoms with van der Waals surface area (Å²) in [5.74, 6) is -1.71. The van der Waals surface area contributed by atoms with Gasteiger partial charge in [-0.1, -0.05) is 0 Å². The molecule has 7 heteroatoms. The molecule has 0 radical (unpaired) electrons. The largest absolute Gasteiger partial charge is 0.342 e. The van der Waals surface area contributed by atoms with Gasteiger partial charge in [-0.05, 0) is 49.2 Å². The third-order valence-corrected chi connectivity index (χ3v) is 4.80. The number of H-pyrrole nitrogens is 1. The number of hydrogen-bond donors (Lipinski definition) is 1. The summed E-state index contributed by atoms with van der Waals surface area (Å²) < 4.78 is 39.7. The van der Waals surface area contributed by atoms with Crippen LogP contribution in [0.25, 0.3) is 11.0 Å². The minimum absolute atomic E-state index is 0.138. The highest BCUT2D eigenvalue weighted by Gasteiger charge is 2.26. The van der Waals surface area contributed by atoms with E-state index in [0.29, 0.717) is 37.0 Å². The number of amides is 1. The second-order valence-corrected chi connectivity index (χ2v) is 6.48. The van der Waals surface area contributed by atoms with E-state index in [2.05, 4.69) is 9.97 Å². The van der Waals surface area contributed by atoms with E-state index < -0.39 is 11.6 Å². The van der Waals surface area contributed by atoms with Gasteiger partial charge in [0, 0.05) is 24.6 Å². The number of nitrogens with zero attached hydrogens (tertiary/aromatic N) is 2. The van der Waals surface area contributed by atoms with Gasteiger partial charge in [-0.2, -0.15) is 0 Å². The van der Waals surface area contributed by atoms with Crippen LogP contribution in [0.4, 0.5) is 13.2 Å². The molecule has 3 aromatic rings. The zero-order valence-corrected chi connectivity index (χ0v) is 13.8. The van der Waals surface area contributed by atoms with E-state index in [1.165, 1.54) is 18.2 Å². The lowest BCUT2D eigenvalue weighted by molar-refractivity contribution is 0.0710. The molecule has 1 fully saturated rings. The van der Waals surface area contributed by atoms with Crippen molar-refractivity contribution in [3.63, 3.8) is 0 Å². The lowest BCUT2D eigenvalue weighted by Gasteiger charge is -2.31. The van der Waals surface area contributed by atoms with Crippen molar-refractivity contribution in [3.05, 3.63) is 65.2 Å². The Kier molecular flexibility index (Phi) is 4.14. The predicted octanol–water partition coefficient (Wildman–Crippen LogP) is 4.00. The molecule has 1 aliphatic heterocycles. The highest BCUT2D eigenvalue weighted by Crippen LogP contribution is 2.28. The average molecular weight is 359 g/mol. The molecule has 1 N–H and O–H groups in total. The van der Waals surface area contributed by atoms with Gasteiger partial charge in [0.05, 0.1) is 11.0 Å². The summed E-state index contributed by atoms with van der Waals surface area (Å²) in [6.45, 7) is 0.988. The van der Waals surface area contributed by atoms with Crippen molar-refractivity contribution in [2.75, 3.05) is 13.1 Å². The number of rotatable bonds is 2. The Morgan fingerprint density at radius 1 is 1.04 bits per heavy atom. The van der Waals surface area contributed by atoms with E-state index in [-0.39, 0.29) is 23.2 Å². The molecule has 26 heavy (non-hydrogen) atoms. The van der Waals surface area contributed by atoms with E-state index in [9.17, 15) is 18.0 Å². The van der Waals surface area contributed by atoms with E-state index in [0.717, 1.165) is 18.0 Å². The molecular formula is C19H16F3N3O. The number of likely N-dealkylation sites (tertiary alicyclic amines) is 1. The number of aromatic nitrogens is 2. The monoisotopic (exact) mass is 359 g/mol. The van der Waals surface area contributed by atoms with Crippen LogP contribution in [0.3, 0.4) is 0 Å². The highest BCUT2D eigenvalue weighted by atomic mass is 19.2. The first kappa shape index (κ1) is 16.6. The van der Waals surface area contributed by atoms with Crippen LogP contribution in [0, 0.1) is 17.5 Å². The Labute approximate surface area is 147 Å². The summed E-state index contributed by atoms with van der Waals surface area (Å²) in [4.78, 5) is 21.7. The fraction of sp³-hybridized carbons (Fsp3) is 0.263. The third-order valence-electron chi connectivity index (χ3n) is 4.80. The van der Waals surface area contributed by atoms with Crippen molar-refractivity contribution in [2.45, 2.75) is 18.8 Å². The van der Waals surface area contributed by atoms with Crippen LogP contribution in [0.1, 0.15) is 34.9 Å². The second-order valence-electron chi connectivity index (χ2n) is 6.48. The average Bonchev–Trinajstić information content (AvgIpc) is 3.06. The Morgan fingerprint density at radius 2 is 1.81 bits per heavy atom. The number of benzene rings is 2. The van der Waals surface area contributed by atoms with Crippen molar-refractivity contribution >= 4 is 16.9 Å². The molecule has 1 amide bonds. The van der Waals surface area contributed by atoms with E-state index in [4.69, 9.17) is 0 Å². The maximum atomic E-state index is 13.3. The van der Waals surface area contributed by atoms with Gasteiger partial charge in [0.2, 0.25) is 0 Å². The third kappa shape index (κ3) is 3.05. The smallest absolute Gasteiger partial charge is 0.253 e. The Bertz CT molecular complexity index is 977. The SMILES string of the molecule is O=C(c1ccc(F)c(F)c1)N1CCC(c2nc3ccc(F)cc3[nH]2)CC1. The molecule has 4 nitrogen and oxygen atoms in total. The number of hydrogen-bond acceptors (Lipinski definition) is 2. The van der Waals surface area contributed by atoms with Crippen LogP contribution in [-0.4, -0.2) is 33.9 Å². The van der Waals surface area contributed by atoms with Gasteiger partial charge in [-0.3, -0.25) is 4.79 Å². The summed E-state index contributed by atoms with van der Waals surface area (Å²) in [7, 11) is 0. The van der Waals surface area contributed by atoms with E-state index in [1.807, 2.05) is 0 Å². The molecule has 0 unspecified atom stereocenters. The molecule has 0 aliphatic carbocycles. The first-order valence-corrected chi connectivity index (χ1v) is 8.41. The molecule has 4 rings (SSSR count). The van der Waals surface area contributed by atoms with Crippen LogP contribution >= 0.6 is 0 Å². The number of carbonyl (C=O) groups is 1. The van der Waals surface area contributed by atoms with Crippen LogP contribution in [-0.2, 0) is 0 Å². The molecule has 1 saturated heterocycles. The summed E-state index contributed by atoms with van der Waals surface area (Å²) in [5.41, 5.74) is 1.50. The molecule has 2 aromatic carbocycles. The first-order valence-electron chi connectivity index (χ1n) is 8.41. The summed E-state index contributed by atoms with van der Waals surface area (Å²) in [5, 5.41) is 0. The molecule has 2 heterocycles. The fourth-order valence-corrected chi connectivity index (χ4v) is 3.36. The van der Waals surface area contributed by atoms with Crippen molar-refractivity contribution in [2.24, 2.45) is 0 Å². The first-order chi connectivity index (χ1) is 12.5. The number of carbonyl (C=O) groups excluding carboxylic acids is 1. The van der Waals surface area contributed by atoms with Gasteiger partial charge >= 0.3 is 0 Å². The molecule has 1 aromatic heterocycles. The number of piperidine rings is 1. The van der Waals surface area contributed by atoms with Gasteiger partial charge in [-0.25, -0.2) is 18.2 Å². The second kappa shape index (κ2) is 6.48. The van der Waals surface area contributed by atoms with Gasteiger partial charge in [0.15, 0.2) is 11.6 Å². The molecule has 0 atom stereocenters. The maximum Gasteiger partial charge on any atom is 0.253 e. The highest BCUT2D eigenvalue weighted by molar-refractivity contribution is 5.94. The topological polar surface area (TPSA) is 49.0 Å². The zero-order valence-electron chi connectivity index (χ0n) is 13.8. The Morgan fingerprint density at radius 3 is 2.54 bits per heavy atom. The van der Waals surface area contributed by atoms with Crippen LogP contribution in [0.5, 0.6) is 0 Å². The Hall–Kier alpha value is -2.83. The van der Waals surface area contributed by atoms with E-state index in [1.54, 1.807) is 11.0 Å². The van der Waals surface area contributed by atoms with Crippen LogP contribution in [0.15, 0.2) is 36.4 Å². The molecular weight excluding hydrogens is 343 g/mol. The number of halogens is 3. The number of imidazole rings is 1. The van der Waals surface area contributed by atoms with Crippen molar-refractivity contribution in [1.29, 1.82) is 0 Å².